The number of thiazole rings is 1. The lowest BCUT2D eigenvalue weighted by molar-refractivity contribution is 0.573. The van der Waals surface area contributed by atoms with Crippen LogP contribution in [-0.2, 0) is 10.0 Å². The van der Waals surface area contributed by atoms with E-state index in [-0.39, 0.29) is 10.8 Å². The summed E-state index contributed by atoms with van der Waals surface area (Å²) < 4.78 is 27.1. The molecule has 0 aromatic carbocycles. The van der Waals surface area contributed by atoms with Gasteiger partial charge in [0.15, 0.2) is 0 Å². The number of H-pyrrole nitrogens is 1. The highest BCUT2D eigenvalue weighted by Crippen LogP contribution is 2.19. The molecule has 8 heteroatoms. The Hall–Kier alpha value is -1.25. The largest absolute Gasteiger partial charge is 0.281 e. The molecule has 1 unspecified atom stereocenters. The molecule has 0 spiro atoms. The number of sulfonamides is 1. The normalized spacial score (nSPS) is 13.6. The lowest BCUT2D eigenvalue weighted by Crippen LogP contribution is -2.28. The first kappa shape index (κ1) is 14.2. The molecule has 0 amide bonds. The molecule has 2 aromatic heterocycles. The smallest absolute Gasteiger partial charge is 0.244 e. The van der Waals surface area contributed by atoms with E-state index in [1.54, 1.807) is 20.0 Å². The van der Waals surface area contributed by atoms with Gasteiger partial charge in [-0.05, 0) is 13.8 Å². The first-order chi connectivity index (χ1) is 8.92. The van der Waals surface area contributed by atoms with Gasteiger partial charge in [-0.1, -0.05) is 6.92 Å². The van der Waals surface area contributed by atoms with Crippen LogP contribution in [0, 0.1) is 13.8 Å². The van der Waals surface area contributed by atoms with Crippen LogP contribution in [0.25, 0.3) is 0 Å². The minimum Gasteiger partial charge on any atom is -0.281 e. The van der Waals surface area contributed by atoms with Crippen LogP contribution in [-0.4, -0.2) is 30.1 Å². The Morgan fingerprint density at radius 2 is 2.21 bits per heavy atom. The molecule has 6 nitrogen and oxygen atoms in total. The molecule has 0 aliphatic carbocycles. The van der Waals surface area contributed by atoms with Crippen molar-refractivity contribution >= 4 is 21.4 Å². The van der Waals surface area contributed by atoms with Crippen LogP contribution >= 0.6 is 11.3 Å². The van der Waals surface area contributed by atoms with Gasteiger partial charge in [0, 0.05) is 24.0 Å². The van der Waals surface area contributed by atoms with Gasteiger partial charge in [0.25, 0.3) is 0 Å². The predicted octanol–water partition coefficient (Wildman–Crippen LogP) is 1.57. The summed E-state index contributed by atoms with van der Waals surface area (Å²) in [6.45, 7) is 5.62. The van der Waals surface area contributed by atoms with E-state index in [1.165, 1.54) is 11.3 Å². The van der Waals surface area contributed by atoms with Crippen molar-refractivity contribution in [2.24, 2.45) is 0 Å². The zero-order valence-corrected chi connectivity index (χ0v) is 12.6. The van der Waals surface area contributed by atoms with Crippen LogP contribution in [0.1, 0.15) is 29.2 Å². The second-order valence-corrected chi connectivity index (χ2v) is 7.02. The van der Waals surface area contributed by atoms with Gasteiger partial charge in [-0.2, -0.15) is 5.10 Å². The molecule has 2 aromatic rings. The molecule has 0 fully saturated rings. The number of hydrogen-bond acceptors (Lipinski definition) is 5. The molecular weight excluding hydrogens is 284 g/mol. The van der Waals surface area contributed by atoms with Crippen molar-refractivity contribution < 1.29 is 8.42 Å². The second-order valence-electron chi connectivity index (χ2n) is 4.39. The summed E-state index contributed by atoms with van der Waals surface area (Å²) in [5.41, 5.74) is 1.03. The van der Waals surface area contributed by atoms with Crippen LogP contribution in [0.2, 0.25) is 0 Å². The molecule has 2 N–H and O–H groups in total. The van der Waals surface area contributed by atoms with Crippen molar-refractivity contribution in [3.05, 3.63) is 28.0 Å². The molecule has 0 bridgehead atoms. The lowest BCUT2D eigenvalue weighted by atomic mass is 10.2. The maximum Gasteiger partial charge on any atom is 0.244 e. The summed E-state index contributed by atoms with van der Waals surface area (Å²) in [5, 5.41) is 9.38. The quantitative estimate of drug-likeness (QED) is 0.877. The Morgan fingerprint density at radius 1 is 1.47 bits per heavy atom. The monoisotopic (exact) mass is 300 g/mol. The van der Waals surface area contributed by atoms with Crippen LogP contribution in [0.15, 0.2) is 16.5 Å². The Kier molecular flexibility index (Phi) is 4.02. The zero-order valence-electron chi connectivity index (χ0n) is 11.0. The first-order valence-corrected chi connectivity index (χ1v) is 8.18. The Balaban J connectivity index is 2.11. The fraction of sp³-hybridized carbons (Fsp3) is 0.455. The van der Waals surface area contributed by atoms with Crippen LogP contribution < -0.4 is 4.72 Å². The SMILES string of the molecule is Cc1n[nH]c(C)c1S(=O)(=O)NCC(C)c1nccs1. The minimum atomic E-state index is -3.53. The summed E-state index contributed by atoms with van der Waals surface area (Å²) in [7, 11) is -3.53. The number of aryl methyl sites for hydroxylation is 2. The van der Waals surface area contributed by atoms with Gasteiger partial charge < -0.3 is 0 Å². The molecule has 1 atom stereocenters. The fourth-order valence-electron chi connectivity index (χ4n) is 1.81. The van der Waals surface area contributed by atoms with Crippen LogP contribution in [0.3, 0.4) is 0 Å². The molecular formula is C11H16N4O2S2. The molecule has 104 valence electrons. The average molecular weight is 300 g/mol. The van der Waals surface area contributed by atoms with Crippen molar-refractivity contribution in [1.82, 2.24) is 19.9 Å². The Morgan fingerprint density at radius 3 is 2.74 bits per heavy atom. The maximum absolute atomic E-state index is 12.2. The molecule has 2 rings (SSSR count). The molecule has 0 aliphatic heterocycles. The summed E-state index contributed by atoms with van der Waals surface area (Å²) in [6, 6.07) is 0. The Labute approximate surface area is 116 Å². The highest BCUT2D eigenvalue weighted by molar-refractivity contribution is 7.89. The standard InChI is InChI=1S/C11H16N4O2S2/c1-7(11-12-4-5-18-11)6-13-19(16,17)10-8(2)14-15-9(10)3/h4-5,7,13H,6H2,1-3H3,(H,14,15). The number of hydrogen-bond donors (Lipinski definition) is 2. The molecule has 19 heavy (non-hydrogen) atoms. The first-order valence-electron chi connectivity index (χ1n) is 5.82. The van der Waals surface area contributed by atoms with Crippen LogP contribution in [0.4, 0.5) is 0 Å². The average Bonchev–Trinajstić information content (AvgIpc) is 2.96. The highest BCUT2D eigenvalue weighted by atomic mass is 32.2. The minimum absolute atomic E-state index is 0.0438. The summed E-state index contributed by atoms with van der Waals surface area (Å²) in [5.74, 6) is 0.0438. The third-order valence-corrected chi connectivity index (χ3v) is 5.47. The van der Waals surface area contributed by atoms with E-state index >= 15 is 0 Å². The molecule has 0 saturated heterocycles. The van der Waals surface area contributed by atoms with Gasteiger partial charge in [0.2, 0.25) is 10.0 Å². The number of nitrogens with zero attached hydrogens (tertiary/aromatic N) is 2. The molecule has 0 aliphatic rings. The molecule has 0 saturated carbocycles. The van der Waals surface area contributed by atoms with E-state index in [2.05, 4.69) is 19.9 Å². The number of aromatic amines is 1. The van der Waals surface area contributed by atoms with Gasteiger partial charge in [-0.25, -0.2) is 18.1 Å². The van der Waals surface area contributed by atoms with E-state index in [1.807, 2.05) is 12.3 Å². The number of aromatic nitrogens is 3. The van der Waals surface area contributed by atoms with Crippen LogP contribution in [0.5, 0.6) is 0 Å². The van der Waals surface area contributed by atoms with Gasteiger partial charge in [0.1, 0.15) is 4.90 Å². The number of nitrogens with one attached hydrogen (secondary N) is 2. The van der Waals surface area contributed by atoms with Gasteiger partial charge in [-0.15, -0.1) is 11.3 Å². The third kappa shape index (κ3) is 3.02. The maximum atomic E-state index is 12.2. The predicted molar refractivity (Wildman–Crippen MR) is 73.8 cm³/mol. The topological polar surface area (TPSA) is 87.7 Å². The van der Waals surface area contributed by atoms with E-state index in [0.29, 0.717) is 17.9 Å². The van der Waals surface area contributed by atoms with Gasteiger partial charge >= 0.3 is 0 Å². The molecule has 2 heterocycles. The van der Waals surface area contributed by atoms with Gasteiger partial charge in [-0.3, -0.25) is 5.10 Å². The van der Waals surface area contributed by atoms with Crippen molar-refractivity contribution in [3.63, 3.8) is 0 Å². The van der Waals surface area contributed by atoms with E-state index in [4.69, 9.17) is 0 Å². The zero-order chi connectivity index (χ0) is 14.0. The Bertz CT molecular complexity index is 627. The van der Waals surface area contributed by atoms with E-state index < -0.39 is 10.0 Å². The third-order valence-electron chi connectivity index (χ3n) is 2.78. The lowest BCUT2D eigenvalue weighted by Gasteiger charge is -2.10. The van der Waals surface area contributed by atoms with E-state index in [9.17, 15) is 8.42 Å². The molecule has 0 radical (unpaired) electrons. The summed E-state index contributed by atoms with van der Waals surface area (Å²) in [6.07, 6.45) is 1.72. The van der Waals surface area contributed by atoms with Crippen molar-refractivity contribution in [2.75, 3.05) is 6.54 Å². The van der Waals surface area contributed by atoms with Gasteiger partial charge in [0.05, 0.1) is 16.4 Å². The second kappa shape index (κ2) is 5.40. The fourth-order valence-corrected chi connectivity index (χ4v) is 4.00. The highest BCUT2D eigenvalue weighted by Gasteiger charge is 2.23. The van der Waals surface area contributed by atoms with Crippen molar-refractivity contribution in [3.8, 4) is 0 Å². The number of rotatable bonds is 5. The van der Waals surface area contributed by atoms with Crippen molar-refractivity contribution in [1.29, 1.82) is 0 Å². The van der Waals surface area contributed by atoms with E-state index in [0.717, 1.165) is 5.01 Å². The summed E-state index contributed by atoms with van der Waals surface area (Å²) in [4.78, 5) is 4.41. The van der Waals surface area contributed by atoms with Crippen molar-refractivity contribution in [2.45, 2.75) is 31.6 Å². The summed E-state index contributed by atoms with van der Waals surface area (Å²) >= 11 is 1.52.